The second kappa shape index (κ2) is 3.14. The van der Waals surface area contributed by atoms with E-state index in [4.69, 9.17) is 4.74 Å². The molecule has 68 valence electrons. The van der Waals surface area contributed by atoms with E-state index >= 15 is 0 Å². The molecule has 0 aliphatic carbocycles. The fraction of sp³-hybridized carbons (Fsp3) is 0.300. The number of halogens is 1. The van der Waals surface area contributed by atoms with Crippen LogP contribution in [0, 0.1) is 0 Å². The fourth-order valence-electron chi connectivity index (χ4n) is 1.55. The molecule has 2 nitrogen and oxygen atoms in total. The molecule has 0 amide bonds. The average Bonchev–Trinajstić information content (AvgIpc) is 2.43. The van der Waals surface area contributed by atoms with Crippen molar-refractivity contribution in [2.24, 2.45) is 0 Å². The second-order valence-corrected chi connectivity index (χ2v) is 3.95. The zero-order valence-corrected chi connectivity index (χ0v) is 8.80. The Morgan fingerprint density at radius 1 is 1.54 bits per heavy atom. The molecule has 0 unspecified atom stereocenters. The number of rotatable bonds is 1. The zero-order valence-electron chi connectivity index (χ0n) is 7.21. The number of carbonyl (C=O) groups is 1. The molecule has 1 aliphatic heterocycles. The van der Waals surface area contributed by atoms with E-state index in [1.54, 1.807) is 0 Å². The van der Waals surface area contributed by atoms with Gasteiger partial charge in [0.2, 0.25) is 0 Å². The highest BCUT2D eigenvalue weighted by Crippen LogP contribution is 2.34. The molecule has 0 bridgehead atoms. The van der Waals surface area contributed by atoms with Gasteiger partial charge in [0, 0.05) is 10.0 Å². The highest BCUT2D eigenvalue weighted by Gasteiger charge is 2.29. The molecule has 1 aromatic rings. The number of esters is 1. The second-order valence-electron chi connectivity index (χ2n) is 3.03. The van der Waals surface area contributed by atoms with Crippen LogP contribution in [0.2, 0.25) is 0 Å². The molecule has 2 rings (SSSR count). The van der Waals surface area contributed by atoms with Gasteiger partial charge >= 0.3 is 5.97 Å². The Hall–Kier alpha value is -0.830. The third kappa shape index (κ3) is 1.37. The van der Waals surface area contributed by atoms with Crippen LogP contribution >= 0.6 is 15.9 Å². The Balaban J connectivity index is 2.52. The van der Waals surface area contributed by atoms with Gasteiger partial charge in [-0.1, -0.05) is 28.9 Å². The minimum absolute atomic E-state index is 0.0457. The Labute approximate surface area is 85.0 Å². The van der Waals surface area contributed by atoms with Crippen LogP contribution in [0.1, 0.15) is 35.4 Å². The molecule has 0 radical (unpaired) electrons. The number of hydrogen-bond acceptors (Lipinski definition) is 2. The molecule has 0 N–H and O–H groups in total. The minimum Gasteiger partial charge on any atom is -0.454 e. The van der Waals surface area contributed by atoms with Crippen molar-refractivity contribution in [1.29, 1.82) is 0 Å². The first-order valence-corrected chi connectivity index (χ1v) is 5.02. The Kier molecular flexibility index (Phi) is 2.12. The van der Waals surface area contributed by atoms with Crippen molar-refractivity contribution in [3.05, 3.63) is 33.8 Å². The Morgan fingerprint density at radius 2 is 2.31 bits per heavy atom. The summed E-state index contributed by atoms with van der Waals surface area (Å²) in [6.07, 6.45) is 0.788. The third-order valence-electron chi connectivity index (χ3n) is 2.20. The summed E-state index contributed by atoms with van der Waals surface area (Å²) < 4.78 is 6.09. The number of fused-ring (bicyclic) bond motifs is 1. The summed E-state index contributed by atoms with van der Waals surface area (Å²) in [5.74, 6) is -0.205. The Morgan fingerprint density at radius 3 is 3.00 bits per heavy atom. The normalized spacial score (nSPS) is 19.8. The van der Waals surface area contributed by atoms with Crippen LogP contribution in [0.5, 0.6) is 0 Å². The maximum Gasteiger partial charge on any atom is 0.339 e. The topological polar surface area (TPSA) is 26.3 Å². The number of cyclic esters (lactones) is 1. The zero-order chi connectivity index (χ0) is 9.42. The van der Waals surface area contributed by atoms with Gasteiger partial charge in [0.25, 0.3) is 0 Å². The van der Waals surface area contributed by atoms with Crippen molar-refractivity contribution in [1.82, 2.24) is 0 Å². The number of benzene rings is 1. The van der Waals surface area contributed by atoms with Gasteiger partial charge in [-0.2, -0.15) is 0 Å². The first-order chi connectivity index (χ1) is 6.22. The number of hydrogen-bond donors (Lipinski definition) is 0. The van der Waals surface area contributed by atoms with E-state index in [-0.39, 0.29) is 12.1 Å². The number of carbonyl (C=O) groups excluding carboxylic acids is 1. The summed E-state index contributed by atoms with van der Waals surface area (Å²) in [7, 11) is 0. The summed E-state index contributed by atoms with van der Waals surface area (Å²) in [6.45, 7) is 2.01. The Bertz CT molecular complexity index is 360. The van der Waals surface area contributed by atoms with Crippen molar-refractivity contribution in [3.8, 4) is 0 Å². The van der Waals surface area contributed by atoms with Gasteiger partial charge in [0.05, 0.1) is 5.56 Å². The van der Waals surface area contributed by atoms with E-state index in [1.807, 2.05) is 25.1 Å². The van der Waals surface area contributed by atoms with Crippen LogP contribution < -0.4 is 0 Å². The molecule has 1 aromatic carbocycles. The van der Waals surface area contributed by atoms with E-state index in [0.29, 0.717) is 5.56 Å². The molecule has 0 aromatic heterocycles. The lowest BCUT2D eigenvalue weighted by molar-refractivity contribution is 0.0378. The van der Waals surface area contributed by atoms with Crippen molar-refractivity contribution in [2.45, 2.75) is 19.4 Å². The van der Waals surface area contributed by atoms with Gasteiger partial charge in [0.1, 0.15) is 6.10 Å². The SMILES string of the molecule is CC[C@H]1OC(=O)c2cc(Br)ccc21. The van der Waals surface area contributed by atoms with E-state index in [0.717, 1.165) is 16.5 Å². The molecule has 1 heterocycles. The monoisotopic (exact) mass is 240 g/mol. The summed E-state index contributed by atoms with van der Waals surface area (Å²) >= 11 is 3.33. The number of ether oxygens (including phenoxy) is 1. The van der Waals surface area contributed by atoms with Crippen LogP contribution in [0.15, 0.2) is 22.7 Å². The van der Waals surface area contributed by atoms with Crippen molar-refractivity contribution in [2.75, 3.05) is 0 Å². The molecule has 3 heteroatoms. The fourth-order valence-corrected chi connectivity index (χ4v) is 1.91. The van der Waals surface area contributed by atoms with Gasteiger partial charge in [-0.05, 0) is 18.6 Å². The largest absolute Gasteiger partial charge is 0.454 e. The van der Waals surface area contributed by atoms with Crippen LogP contribution in [0.25, 0.3) is 0 Å². The molecule has 0 saturated heterocycles. The van der Waals surface area contributed by atoms with Crippen LogP contribution in [-0.2, 0) is 4.74 Å². The highest BCUT2D eigenvalue weighted by molar-refractivity contribution is 9.10. The molecular formula is C10H9BrO2. The molecule has 1 atom stereocenters. The molecular weight excluding hydrogens is 232 g/mol. The third-order valence-corrected chi connectivity index (χ3v) is 2.70. The molecule has 0 spiro atoms. The lowest BCUT2D eigenvalue weighted by Gasteiger charge is -2.05. The molecule has 13 heavy (non-hydrogen) atoms. The highest BCUT2D eigenvalue weighted by atomic mass is 79.9. The first-order valence-electron chi connectivity index (χ1n) is 4.22. The molecule has 0 fully saturated rings. The van der Waals surface area contributed by atoms with E-state index in [9.17, 15) is 4.79 Å². The summed E-state index contributed by atoms with van der Waals surface area (Å²) in [4.78, 5) is 11.3. The lowest BCUT2D eigenvalue weighted by atomic mass is 10.0. The standard InChI is InChI=1S/C10H9BrO2/c1-2-9-7-4-3-6(11)5-8(7)10(12)13-9/h3-5,9H,2H2,1H3/t9-/m1/s1. The van der Waals surface area contributed by atoms with Crippen LogP contribution in [0.3, 0.4) is 0 Å². The van der Waals surface area contributed by atoms with E-state index in [2.05, 4.69) is 15.9 Å². The summed E-state index contributed by atoms with van der Waals surface area (Å²) in [5.41, 5.74) is 1.71. The van der Waals surface area contributed by atoms with Crippen LogP contribution in [0.4, 0.5) is 0 Å². The quantitative estimate of drug-likeness (QED) is 0.706. The predicted molar refractivity (Wildman–Crippen MR) is 52.6 cm³/mol. The lowest BCUT2D eigenvalue weighted by Crippen LogP contribution is -1.96. The van der Waals surface area contributed by atoms with Crippen molar-refractivity contribution < 1.29 is 9.53 Å². The van der Waals surface area contributed by atoms with Crippen LogP contribution in [-0.4, -0.2) is 5.97 Å². The summed E-state index contributed by atoms with van der Waals surface area (Å²) in [5, 5.41) is 0. The molecule has 0 saturated carbocycles. The summed E-state index contributed by atoms with van der Waals surface area (Å²) in [6, 6.07) is 5.69. The van der Waals surface area contributed by atoms with E-state index < -0.39 is 0 Å². The van der Waals surface area contributed by atoms with E-state index in [1.165, 1.54) is 0 Å². The average molecular weight is 241 g/mol. The first kappa shape index (κ1) is 8.75. The molecule has 1 aliphatic rings. The predicted octanol–water partition coefficient (Wildman–Crippen LogP) is 3.07. The van der Waals surface area contributed by atoms with Gasteiger partial charge in [-0.15, -0.1) is 0 Å². The van der Waals surface area contributed by atoms with Crippen molar-refractivity contribution in [3.63, 3.8) is 0 Å². The smallest absolute Gasteiger partial charge is 0.339 e. The van der Waals surface area contributed by atoms with Gasteiger partial charge < -0.3 is 4.74 Å². The maximum atomic E-state index is 11.3. The maximum absolute atomic E-state index is 11.3. The van der Waals surface area contributed by atoms with Gasteiger partial charge in [-0.25, -0.2) is 4.79 Å². The van der Waals surface area contributed by atoms with Gasteiger partial charge in [0.15, 0.2) is 0 Å². The minimum atomic E-state index is -0.205. The van der Waals surface area contributed by atoms with Crippen molar-refractivity contribution >= 4 is 21.9 Å². The van der Waals surface area contributed by atoms with Gasteiger partial charge in [-0.3, -0.25) is 0 Å².